The third-order valence-corrected chi connectivity index (χ3v) is 4.90. The summed E-state index contributed by atoms with van der Waals surface area (Å²) in [6.07, 6.45) is 0.539. The highest BCUT2D eigenvalue weighted by atomic mass is 32.2. The van der Waals surface area contributed by atoms with Gasteiger partial charge in [-0.15, -0.1) is 0 Å². The largest absolute Gasteiger partial charge is 0.478 e. The van der Waals surface area contributed by atoms with Crippen LogP contribution in [0, 0.1) is 5.92 Å². The van der Waals surface area contributed by atoms with Gasteiger partial charge in [-0.2, -0.15) is 0 Å². The van der Waals surface area contributed by atoms with Crippen molar-refractivity contribution in [3.05, 3.63) is 29.3 Å². The van der Waals surface area contributed by atoms with Crippen LogP contribution in [0.3, 0.4) is 0 Å². The van der Waals surface area contributed by atoms with Crippen molar-refractivity contribution >= 4 is 16.0 Å². The fourth-order valence-corrected chi connectivity index (χ4v) is 3.10. The molecule has 0 saturated carbocycles. The van der Waals surface area contributed by atoms with Crippen molar-refractivity contribution in [2.75, 3.05) is 0 Å². The second-order valence-electron chi connectivity index (χ2n) is 5.13. The minimum atomic E-state index is -3.70. The average molecular weight is 299 g/mol. The Morgan fingerprint density at radius 2 is 1.90 bits per heavy atom. The van der Waals surface area contributed by atoms with E-state index in [1.54, 1.807) is 13.0 Å². The molecule has 0 amide bonds. The Hall–Kier alpha value is -1.40. The van der Waals surface area contributed by atoms with Crippen molar-refractivity contribution in [3.8, 4) is 0 Å². The smallest absolute Gasteiger partial charge is 0.336 e. The average Bonchev–Trinajstić information content (AvgIpc) is 2.37. The minimum absolute atomic E-state index is 0.0143. The fourth-order valence-electron chi connectivity index (χ4n) is 1.68. The molecule has 0 fully saturated rings. The topological polar surface area (TPSA) is 83.5 Å². The van der Waals surface area contributed by atoms with Crippen LogP contribution in [0.4, 0.5) is 0 Å². The van der Waals surface area contributed by atoms with Gasteiger partial charge in [0.1, 0.15) is 0 Å². The van der Waals surface area contributed by atoms with E-state index in [1.165, 1.54) is 12.1 Å². The number of nitrogens with one attached hydrogen (secondary N) is 1. The lowest BCUT2D eigenvalue weighted by molar-refractivity contribution is 0.0695. The van der Waals surface area contributed by atoms with Crippen molar-refractivity contribution in [1.29, 1.82) is 0 Å². The third kappa shape index (κ3) is 3.80. The maximum Gasteiger partial charge on any atom is 0.336 e. The Balaban J connectivity index is 3.20. The van der Waals surface area contributed by atoms with Crippen molar-refractivity contribution in [2.24, 2.45) is 5.92 Å². The molecule has 0 radical (unpaired) electrons. The Bertz CT molecular complexity index is 593. The maximum absolute atomic E-state index is 12.2. The number of carbonyl (C=O) groups is 1. The number of sulfonamides is 1. The SMILES string of the molecule is CCc1ccc(S(=O)(=O)NC(C)C(C)C)cc1C(=O)O. The molecule has 0 spiro atoms. The zero-order valence-corrected chi connectivity index (χ0v) is 13.0. The molecule has 5 nitrogen and oxygen atoms in total. The first-order chi connectivity index (χ1) is 9.19. The Kier molecular flexibility index (Phi) is 5.30. The molecule has 0 aliphatic carbocycles. The summed E-state index contributed by atoms with van der Waals surface area (Å²) >= 11 is 0. The van der Waals surface area contributed by atoms with Gasteiger partial charge in [0.05, 0.1) is 10.5 Å². The van der Waals surface area contributed by atoms with Gasteiger partial charge in [-0.05, 0) is 37.0 Å². The molecule has 112 valence electrons. The van der Waals surface area contributed by atoms with E-state index >= 15 is 0 Å². The highest BCUT2D eigenvalue weighted by molar-refractivity contribution is 7.89. The zero-order chi connectivity index (χ0) is 15.5. The van der Waals surface area contributed by atoms with Crippen LogP contribution in [0.2, 0.25) is 0 Å². The number of hydrogen-bond acceptors (Lipinski definition) is 3. The van der Waals surface area contributed by atoms with E-state index in [9.17, 15) is 13.2 Å². The summed E-state index contributed by atoms with van der Waals surface area (Å²) in [4.78, 5) is 11.2. The number of hydrogen-bond donors (Lipinski definition) is 2. The first-order valence-electron chi connectivity index (χ1n) is 6.57. The Morgan fingerprint density at radius 1 is 1.30 bits per heavy atom. The standard InChI is InChI=1S/C14H21NO4S/c1-5-11-6-7-12(8-13(11)14(16)17)20(18,19)15-10(4)9(2)3/h6-10,15H,5H2,1-4H3,(H,16,17). The molecule has 1 unspecified atom stereocenters. The Morgan fingerprint density at radius 3 is 2.35 bits per heavy atom. The summed E-state index contributed by atoms with van der Waals surface area (Å²) in [6.45, 7) is 7.43. The third-order valence-electron chi connectivity index (χ3n) is 3.34. The summed E-state index contributed by atoms with van der Waals surface area (Å²) in [5, 5.41) is 9.14. The molecule has 1 rings (SSSR count). The van der Waals surface area contributed by atoms with Crippen molar-refractivity contribution in [2.45, 2.75) is 45.1 Å². The van der Waals surface area contributed by atoms with Crippen LogP contribution < -0.4 is 4.72 Å². The van der Waals surface area contributed by atoms with Gasteiger partial charge in [-0.3, -0.25) is 0 Å². The summed E-state index contributed by atoms with van der Waals surface area (Å²) in [5.41, 5.74) is 0.654. The molecular formula is C14H21NO4S. The number of carboxylic acids is 1. The molecule has 0 aliphatic rings. The predicted octanol–water partition coefficient (Wildman–Crippen LogP) is 2.27. The lowest BCUT2D eigenvalue weighted by atomic mass is 10.1. The molecule has 1 atom stereocenters. The van der Waals surface area contributed by atoms with Crippen molar-refractivity contribution in [1.82, 2.24) is 4.72 Å². The molecule has 0 aliphatic heterocycles. The van der Waals surface area contributed by atoms with Gasteiger partial charge in [-0.1, -0.05) is 26.8 Å². The first-order valence-corrected chi connectivity index (χ1v) is 8.06. The van der Waals surface area contributed by atoms with Crippen molar-refractivity contribution in [3.63, 3.8) is 0 Å². The molecule has 1 aromatic rings. The van der Waals surface area contributed by atoms with E-state index in [2.05, 4.69) is 4.72 Å². The van der Waals surface area contributed by atoms with Crippen LogP contribution in [0.1, 0.15) is 43.6 Å². The van der Waals surface area contributed by atoms with Gasteiger partial charge < -0.3 is 5.11 Å². The van der Waals surface area contributed by atoms with Crippen LogP contribution in [0.25, 0.3) is 0 Å². The van der Waals surface area contributed by atoms with Crippen LogP contribution in [-0.2, 0) is 16.4 Å². The molecule has 20 heavy (non-hydrogen) atoms. The summed E-state index contributed by atoms with van der Waals surface area (Å²) < 4.78 is 27.0. The number of aryl methyl sites for hydroxylation is 1. The van der Waals surface area contributed by atoms with Crippen LogP contribution >= 0.6 is 0 Å². The molecule has 0 bridgehead atoms. The van der Waals surface area contributed by atoms with Crippen molar-refractivity contribution < 1.29 is 18.3 Å². The molecule has 1 aromatic carbocycles. The second-order valence-corrected chi connectivity index (χ2v) is 6.85. The minimum Gasteiger partial charge on any atom is -0.478 e. The van der Waals surface area contributed by atoms with Gasteiger partial charge >= 0.3 is 5.97 Å². The van der Waals surface area contributed by atoms with Crippen LogP contribution in [-0.4, -0.2) is 25.5 Å². The highest BCUT2D eigenvalue weighted by Gasteiger charge is 2.21. The molecule has 6 heteroatoms. The van der Waals surface area contributed by atoms with Gasteiger partial charge in [0.25, 0.3) is 0 Å². The number of benzene rings is 1. The lowest BCUT2D eigenvalue weighted by Gasteiger charge is -2.18. The van der Waals surface area contributed by atoms with Gasteiger partial charge in [-0.25, -0.2) is 17.9 Å². The quantitative estimate of drug-likeness (QED) is 0.844. The molecular weight excluding hydrogens is 278 g/mol. The van der Waals surface area contributed by atoms with Gasteiger partial charge in [0.2, 0.25) is 10.0 Å². The zero-order valence-electron chi connectivity index (χ0n) is 12.2. The van der Waals surface area contributed by atoms with Gasteiger partial charge in [0.15, 0.2) is 0 Å². The normalized spacial score (nSPS) is 13.4. The predicted molar refractivity (Wildman–Crippen MR) is 77.4 cm³/mol. The van der Waals surface area contributed by atoms with Crippen LogP contribution in [0.15, 0.2) is 23.1 Å². The fraction of sp³-hybridized carbons (Fsp3) is 0.500. The number of aromatic carboxylic acids is 1. The molecule has 0 aromatic heterocycles. The number of carboxylic acid groups (broad SMARTS) is 1. The second kappa shape index (κ2) is 6.37. The summed E-state index contributed by atoms with van der Waals surface area (Å²) in [5.74, 6) is -0.963. The van der Waals surface area contributed by atoms with E-state index in [1.807, 2.05) is 20.8 Å². The summed E-state index contributed by atoms with van der Waals surface area (Å²) in [6, 6.07) is 3.99. The first kappa shape index (κ1) is 16.7. The lowest BCUT2D eigenvalue weighted by Crippen LogP contribution is -2.36. The van der Waals surface area contributed by atoms with E-state index in [0.717, 1.165) is 0 Å². The van der Waals surface area contributed by atoms with Crippen LogP contribution in [0.5, 0.6) is 0 Å². The van der Waals surface area contributed by atoms with Gasteiger partial charge in [0, 0.05) is 6.04 Å². The molecule has 0 heterocycles. The Labute approximate surface area is 120 Å². The van der Waals surface area contributed by atoms with E-state index in [0.29, 0.717) is 12.0 Å². The molecule has 0 saturated heterocycles. The molecule has 2 N–H and O–H groups in total. The highest BCUT2D eigenvalue weighted by Crippen LogP contribution is 2.18. The summed E-state index contributed by atoms with van der Waals surface area (Å²) in [7, 11) is -3.70. The maximum atomic E-state index is 12.2. The van der Waals surface area contributed by atoms with E-state index in [4.69, 9.17) is 5.11 Å². The number of rotatable bonds is 6. The monoisotopic (exact) mass is 299 g/mol. The van der Waals surface area contributed by atoms with E-state index in [-0.39, 0.29) is 22.4 Å². The van der Waals surface area contributed by atoms with E-state index < -0.39 is 16.0 Å².